The number of pyridine rings is 1. The fourth-order valence-electron chi connectivity index (χ4n) is 2.76. The summed E-state index contributed by atoms with van der Waals surface area (Å²) in [5.74, 6) is -0.697. The first kappa shape index (κ1) is 23.8. The fraction of sp³-hybridized carbons (Fsp3) is 0.333. The lowest BCUT2D eigenvalue weighted by Crippen LogP contribution is -2.20. The summed E-state index contributed by atoms with van der Waals surface area (Å²) in [6.45, 7) is 4.69. The molecule has 0 N–H and O–H groups in total. The van der Waals surface area contributed by atoms with E-state index in [4.69, 9.17) is 14.4 Å². The van der Waals surface area contributed by atoms with Gasteiger partial charge in [0.15, 0.2) is 5.71 Å². The van der Waals surface area contributed by atoms with Crippen molar-refractivity contribution in [1.29, 1.82) is 0 Å². The molecule has 2 aromatic rings. The van der Waals surface area contributed by atoms with E-state index in [9.17, 15) is 18.0 Å². The highest BCUT2D eigenvalue weighted by Gasteiger charge is 2.31. The van der Waals surface area contributed by atoms with Crippen molar-refractivity contribution >= 4 is 17.4 Å². The molecule has 0 aliphatic heterocycles. The van der Waals surface area contributed by atoms with E-state index in [0.29, 0.717) is 11.1 Å². The predicted molar refractivity (Wildman–Crippen MR) is 108 cm³/mol. The number of nitrogens with zero attached hydrogens (tertiary/aromatic N) is 3. The quantitative estimate of drug-likeness (QED) is 0.369. The van der Waals surface area contributed by atoms with Crippen LogP contribution in [0.2, 0.25) is 0 Å². The van der Waals surface area contributed by atoms with Gasteiger partial charge in [0.25, 0.3) is 0 Å². The van der Waals surface area contributed by atoms with Gasteiger partial charge in [-0.3, -0.25) is 4.98 Å². The third kappa shape index (κ3) is 6.03. The highest BCUT2D eigenvalue weighted by Crippen LogP contribution is 2.30. The SMILES string of the molecule is CO/N=C(/C(=O)OC)c1cccc(C)c1CO/N=C(\C)c1cc(C(F)(F)F)cc(C)n1. The normalized spacial score (nSPS) is 12.5. The zero-order valence-electron chi connectivity index (χ0n) is 17.7. The molecular weight excluding hydrogens is 415 g/mol. The van der Waals surface area contributed by atoms with Crippen molar-refractivity contribution in [3.05, 3.63) is 64.0 Å². The molecule has 7 nitrogen and oxygen atoms in total. The highest BCUT2D eigenvalue weighted by atomic mass is 19.4. The zero-order valence-corrected chi connectivity index (χ0v) is 17.7. The molecule has 2 rings (SSSR count). The molecule has 0 atom stereocenters. The maximum atomic E-state index is 13.0. The summed E-state index contributed by atoms with van der Waals surface area (Å²) in [6.07, 6.45) is -4.50. The number of ether oxygens (including phenoxy) is 1. The summed E-state index contributed by atoms with van der Waals surface area (Å²) in [6, 6.07) is 7.05. The molecule has 10 heteroatoms. The van der Waals surface area contributed by atoms with Gasteiger partial charge in [-0.2, -0.15) is 13.2 Å². The van der Waals surface area contributed by atoms with Crippen LogP contribution in [0.3, 0.4) is 0 Å². The van der Waals surface area contributed by atoms with E-state index in [1.54, 1.807) is 25.1 Å². The fourth-order valence-corrected chi connectivity index (χ4v) is 2.76. The molecule has 0 saturated heterocycles. The number of carbonyl (C=O) groups excluding carboxylic acids is 1. The number of rotatable bonds is 7. The van der Waals surface area contributed by atoms with Crippen LogP contribution in [0, 0.1) is 13.8 Å². The van der Waals surface area contributed by atoms with E-state index in [0.717, 1.165) is 17.7 Å². The topological polar surface area (TPSA) is 82.4 Å². The number of oxime groups is 2. The van der Waals surface area contributed by atoms with E-state index in [1.165, 1.54) is 28.1 Å². The van der Waals surface area contributed by atoms with Crippen molar-refractivity contribution in [1.82, 2.24) is 4.98 Å². The Balaban J connectivity index is 2.32. The molecule has 0 aliphatic carbocycles. The van der Waals surface area contributed by atoms with Crippen molar-refractivity contribution in [3.63, 3.8) is 0 Å². The first-order chi connectivity index (χ1) is 14.6. The van der Waals surface area contributed by atoms with E-state index >= 15 is 0 Å². The average molecular weight is 437 g/mol. The van der Waals surface area contributed by atoms with Crippen LogP contribution in [0.15, 0.2) is 40.6 Å². The molecule has 0 amide bonds. The Bertz CT molecular complexity index is 1020. The Morgan fingerprint density at radius 3 is 2.45 bits per heavy atom. The molecule has 166 valence electrons. The minimum atomic E-state index is -4.50. The summed E-state index contributed by atoms with van der Waals surface area (Å²) in [4.78, 5) is 26.3. The number of hydrogen-bond donors (Lipinski definition) is 0. The molecule has 1 aromatic carbocycles. The van der Waals surface area contributed by atoms with E-state index in [1.807, 2.05) is 0 Å². The summed E-state index contributed by atoms with van der Waals surface area (Å²) in [5.41, 5.74) is 1.36. The minimum Gasteiger partial charge on any atom is -0.464 e. The maximum absolute atomic E-state index is 13.0. The van der Waals surface area contributed by atoms with Crippen molar-refractivity contribution < 1.29 is 32.4 Å². The lowest BCUT2D eigenvalue weighted by atomic mass is 9.99. The Labute approximate surface area is 177 Å². The van der Waals surface area contributed by atoms with E-state index in [-0.39, 0.29) is 29.4 Å². The average Bonchev–Trinajstić information content (AvgIpc) is 2.71. The van der Waals surface area contributed by atoms with Crippen LogP contribution in [0.1, 0.15) is 40.6 Å². The standard InChI is InChI=1S/C21H22F3N3O4/c1-12-7-6-8-16(19(27-30-5)20(28)29-4)17(12)11-31-26-14(3)18-10-15(21(22,23)24)9-13(2)25-18/h6-10H,11H2,1-5H3/b26-14+,27-19+. The van der Waals surface area contributed by atoms with Crippen molar-refractivity contribution in [2.45, 2.75) is 33.6 Å². The summed E-state index contributed by atoms with van der Waals surface area (Å²) in [5, 5.41) is 7.64. The third-order valence-corrected chi connectivity index (χ3v) is 4.29. The number of hydrogen-bond acceptors (Lipinski definition) is 7. The first-order valence-corrected chi connectivity index (χ1v) is 9.09. The van der Waals surface area contributed by atoms with Gasteiger partial charge in [0.1, 0.15) is 19.4 Å². The zero-order chi connectivity index (χ0) is 23.2. The summed E-state index contributed by atoms with van der Waals surface area (Å²) < 4.78 is 43.9. The number of aryl methyl sites for hydroxylation is 2. The first-order valence-electron chi connectivity index (χ1n) is 9.09. The number of carbonyl (C=O) groups is 1. The van der Waals surface area contributed by atoms with Crippen LogP contribution in [0.25, 0.3) is 0 Å². The second-order valence-corrected chi connectivity index (χ2v) is 6.55. The Kier molecular flexibility index (Phi) is 7.73. The minimum absolute atomic E-state index is 0.0496. The summed E-state index contributed by atoms with van der Waals surface area (Å²) in [7, 11) is 2.52. The van der Waals surface area contributed by atoms with Crippen LogP contribution in [0.4, 0.5) is 13.2 Å². The number of halogens is 3. The second kappa shape index (κ2) is 10.1. The van der Waals surface area contributed by atoms with Gasteiger partial charge in [0.05, 0.1) is 18.4 Å². The molecular formula is C21H22F3N3O4. The molecule has 31 heavy (non-hydrogen) atoms. The van der Waals surface area contributed by atoms with Gasteiger partial charge in [-0.25, -0.2) is 4.79 Å². The Morgan fingerprint density at radius 1 is 1.13 bits per heavy atom. The lowest BCUT2D eigenvalue weighted by molar-refractivity contribution is -0.137. The van der Waals surface area contributed by atoms with Crippen molar-refractivity contribution in [3.8, 4) is 0 Å². The maximum Gasteiger partial charge on any atom is 0.416 e. The number of benzene rings is 1. The van der Waals surface area contributed by atoms with Gasteiger partial charge in [0, 0.05) is 16.8 Å². The van der Waals surface area contributed by atoms with Crippen LogP contribution >= 0.6 is 0 Å². The van der Waals surface area contributed by atoms with Crippen molar-refractivity contribution in [2.24, 2.45) is 10.3 Å². The van der Waals surface area contributed by atoms with Gasteiger partial charge in [-0.1, -0.05) is 28.5 Å². The van der Waals surface area contributed by atoms with Gasteiger partial charge in [-0.05, 0) is 38.5 Å². The molecule has 0 fully saturated rings. The van der Waals surface area contributed by atoms with Crippen LogP contribution in [-0.2, 0) is 32.0 Å². The molecule has 0 radical (unpaired) electrons. The number of aromatic nitrogens is 1. The molecule has 1 heterocycles. The van der Waals surface area contributed by atoms with Gasteiger partial charge >= 0.3 is 12.1 Å². The van der Waals surface area contributed by atoms with E-state index in [2.05, 4.69) is 15.3 Å². The molecule has 0 unspecified atom stereocenters. The lowest BCUT2D eigenvalue weighted by Gasteiger charge is -2.13. The number of alkyl halides is 3. The monoisotopic (exact) mass is 437 g/mol. The van der Waals surface area contributed by atoms with E-state index < -0.39 is 17.7 Å². The summed E-state index contributed by atoms with van der Waals surface area (Å²) >= 11 is 0. The number of methoxy groups -OCH3 is 1. The van der Waals surface area contributed by atoms with Crippen LogP contribution in [-0.4, -0.2) is 36.6 Å². The molecule has 0 aliphatic rings. The van der Waals surface area contributed by atoms with Gasteiger partial charge in [-0.15, -0.1) is 0 Å². The highest BCUT2D eigenvalue weighted by molar-refractivity contribution is 6.43. The van der Waals surface area contributed by atoms with Crippen molar-refractivity contribution in [2.75, 3.05) is 14.2 Å². The Hall–Kier alpha value is -3.43. The van der Waals surface area contributed by atoms with Crippen LogP contribution < -0.4 is 0 Å². The smallest absolute Gasteiger partial charge is 0.416 e. The second-order valence-electron chi connectivity index (χ2n) is 6.55. The van der Waals surface area contributed by atoms with Crippen LogP contribution in [0.5, 0.6) is 0 Å². The molecule has 0 spiro atoms. The molecule has 1 aromatic heterocycles. The molecule has 0 bridgehead atoms. The molecule has 0 saturated carbocycles. The largest absolute Gasteiger partial charge is 0.464 e. The number of esters is 1. The third-order valence-electron chi connectivity index (χ3n) is 4.29. The van der Waals surface area contributed by atoms with Gasteiger partial charge in [0.2, 0.25) is 0 Å². The Morgan fingerprint density at radius 2 is 1.84 bits per heavy atom. The predicted octanol–water partition coefficient (Wildman–Crippen LogP) is 4.18. The van der Waals surface area contributed by atoms with Gasteiger partial charge < -0.3 is 14.4 Å².